The number of hydrogen-bond acceptors (Lipinski definition) is 2. The highest BCUT2D eigenvalue weighted by atomic mass is 15.1. The molecular weight excluding hydrogens is 160 g/mol. The standard InChI is InChI=1S/C11H12N2/c1-3-10-8(2)4-5-9-6-12-13-7-11(9)10/h4-7H,3H2,1-2H3. The third-order valence-corrected chi connectivity index (χ3v) is 2.43. The molecule has 0 saturated heterocycles. The van der Waals surface area contributed by atoms with Gasteiger partial charge in [0.25, 0.3) is 0 Å². The van der Waals surface area contributed by atoms with Gasteiger partial charge >= 0.3 is 0 Å². The summed E-state index contributed by atoms with van der Waals surface area (Å²) < 4.78 is 0. The Morgan fingerprint density at radius 1 is 1.15 bits per heavy atom. The number of benzene rings is 1. The third-order valence-electron chi connectivity index (χ3n) is 2.43. The van der Waals surface area contributed by atoms with Crippen molar-refractivity contribution in [2.75, 3.05) is 0 Å². The first-order chi connectivity index (χ1) is 6.33. The zero-order valence-electron chi connectivity index (χ0n) is 7.91. The lowest BCUT2D eigenvalue weighted by Crippen LogP contribution is -1.90. The van der Waals surface area contributed by atoms with E-state index in [-0.39, 0.29) is 0 Å². The van der Waals surface area contributed by atoms with Crippen LogP contribution in [0.1, 0.15) is 18.1 Å². The Morgan fingerprint density at radius 2 is 1.92 bits per heavy atom. The second kappa shape index (κ2) is 3.13. The number of fused-ring (bicyclic) bond motifs is 1. The fraction of sp³-hybridized carbons (Fsp3) is 0.273. The predicted octanol–water partition coefficient (Wildman–Crippen LogP) is 2.50. The average molecular weight is 172 g/mol. The van der Waals surface area contributed by atoms with Crippen LogP contribution in [-0.4, -0.2) is 10.2 Å². The number of aryl methyl sites for hydroxylation is 2. The molecular formula is C11H12N2. The van der Waals surface area contributed by atoms with E-state index in [0.717, 1.165) is 6.42 Å². The summed E-state index contributed by atoms with van der Waals surface area (Å²) >= 11 is 0. The summed E-state index contributed by atoms with van der Waals surface area (Å²) in [4.78, 5) is 0. The molecule has 0 aliphatic carbocycles. The molecule has 2 aromatic rings. The number of hydrogen-bond donors (Lipinski definition) is 0. The first-order valence-corrected chi connectivity index (χ1v) is 4.52. The monoisotopic (exact) mass is 172 g/mol. The lowest BCUT2D eigenvalue weighted by molar-refractivity contribution is 1.04. The first kappa shape index (κ1) is 8.17. The minimum Gasteiger partial charge on any atom is -0.158 e. The topological polar surface area (TPSA) is 25.8 Å². The molecule has 0 bridgehead atoms. The largest absolute Gasteiger partial charge is 0.158 e. The van der Waals surface area contributed by atoms with Crippen LogP contribution in [0.25, 0.3) is 10.8 Å². The van der Waals surface area contributed by atoms with Crippen LogP contribution < -0.4 is 0 Å². The highest BCUT2D eigenvalue weighted by Crippen LogP contribution is 2.20. The van der Waals surface area contributed by atoms with E-state index in [2.05, 4.69) is 36.2 Å². The molecule has 2 heteroatoms. The number of rotatable bonds is 1. The molecule has 0 spiro atoms. The van der Waals surface area contributed by atoms with Gasteiger partial charge in [0.05, 0.1) is 12.4 Å². The molecule has 0 fully saturated rings. The molecule has 1 heterocycles. The molecule has 0 saturated carbocycles. The van der Waals surface area contributed by atoms with Crippen molar-refractivity contribution in [3.8, 4) is 0 Å². The van der Waals surface area contributed by atoms with Crippen LogP contribution in [0.15, 0.2) is 24.5 Å². The second-order valence-electron chi connectivity index (χ2n) is 3.21. The Balaban J connectivity index is 2.84. The maximum Gasteiger partial charge on any atom is 0.0577 e. The van der Waals surface area contributed by atoms with Gasteiger partial charge in [-0.1, -0.05) is 19.1 Å². The van der Waals surface area contributed by atoms with E-state index in [0.29, 0.717) is 0 Å². The molecule has 1 aromatic heterocycles. The highest BCUT2D eigenvalue weighted by molar-refractivity contribution is 5.85. The maximum atomic E-state index is 3.91. The fourth-order valence-corrected chi connectivity index (χ4v) is 1.71. The summed E-state index contributed by atoms with van der Waals surface area (Å²) in [5.74, 6) is 0. The normalized spacial score (nSPS) is 10.6. The van der Waals surface area contributed by atoms with Crippen LogP contribution in [0.3, 0.4) is 0 Å². The van der Waals surface area contributed by atoms with Gasteiger partial charge in [0, 0.05) is 10.8 Å². The van der Waals surface area contributed by atoms with Gasteiger partial charge in [0.2, 0.25) is 0 Å². The molecule has 13 heavy (non-hydrogen) atoms. The summed E-state index contributed by atoms with van der Waals surface area (Å²) in [7, 11) is 0. The molecule has 0 radical (unpaired) electrons. The van der Waals surface area contributed by atoms with Gasteiger partial charge in [-0.15, -0.1) is 0 Å². The van der Waals surface area contributed by atoms with E-state index in [9.17, 15) is 0 Å². The van der Waals surface area contributed by atoms with Crippen LogP contribution in [0.2, 0.25) is 0 Å². The minimum absolute atomic E-state index is 1.05. The molecule has 0 N–H and O–H groups in total. The number of nitrogens with zero attached hydrogens (tertiary/aromatic N) is 2. The summed E-state index contributed by atoms with van der Waals surface area (Å²) in [6, 6.07) is 4.24. The van der Waals surface area contributed by atoms with E-state index in [1.807, 2.05) is 12.4 Å². The van der Waals surface area contributed by atoms with Gasteiger partial charge < -0.3 is 0 Å². The van der Waals surface area contributed by atoms with Crippen molar-refractivity contribution in [3.63, 3.8) is 0 Å². The lowest BCUT2D eigenvalue weighted by Gasteiger charge is -2.06. The SMILES string of the molecule is CCc1c(C)ccc2cnncc12. The van der Waals surface area contributed by atoms with Gasteiger partial charge in [0.15, 0.2) is 0 Å². The Bertz CT molecular complexity index is 435. The van der Waals surface area contributed by atoms with Crippen molar-refractivity contribution in [2.24, 2.45) is 0 Å². The van der Waals surface area contributed by atoms with Gasteiger partial charge in [-0.05, 0) is 24.5 Å². The van der Waals surface area contributed by atoms with Crippen LogP contribution in [0.5, 0.6) is 0 Å². The molecule has 0 unspecified atom stereocenters. The van der Waals surface area contributed by atoms with E-state index in [1.54, 1.807) is 0 Å². The molecule has 66 valence electrons. The number of aromatic nitrogens is 2. The summed E-state index contributed by atoms with van der Waals surface area (Å²) in [5, 5.41) is 10.2. The minimum atomic E-state index is 1.05. The Labute approximate surface area is 77.6 Å². The lowest BCUT2D eigenvalue weighted by atomic mass is 10.0. The predicted molar refractivity (Wildman–Crippen MR) is 53.7 cm³/mol. The van der Waals surface area contributed by atoms with Crippen LogP contribution in [0.4, 0.5) is 0 Å². The van der Waals surface area contributed by atoms with E-state index in [1.165, 1.54) is 21.9 Å². The van der Waals surface area contributed by atoms with Crippen molar-refractivity contribution < 1.29 is 0 Å². The van der Waals surface area contributed by atoms with Gasteiger partial charge in [0.1, 0.15) is 0 Å². The molecule has 0 atom stereocenters. The maximum absolute atomic E-state index is 3.91. The molecule has 1 aromatic carbocycles. The summed E-state index contributed by atoms with van der Waals surface area (Å²) in [5.41, 5.74) is 2.72. The van der Waals surface area contributed by atoms with Crippen LogP contribution in [-0.2, 0) is 6.42 Å². The van der Waals surface area contributed by atoms with Crippen molar-refractivity contribution in [2.45, 2.75) is 20.3 Å². The van der Waals surface area contributed by atoms with Gasteiger partial charge in [-0.2, -0.15) is 10.2 Å². The molecule has 2 rings (SSSR count). The Kier molecular flexibility index (Phi) is 1.97. The van der Waals surface area contributed by atoms with Crippen LogP contribution >= 0.6 is 0 Å². The average Bonchev–Trinajstić information content (AvgIpc) is 2.18. The summed E-state index contributed by atoms with van der Waals surface area (Å²) in [6.45, 7) is 4.31. The zero-order chi connectivity index (χ0) is 9.26. The second-order valence-corrected chi connectivity index (χ2v) is 3.21. The molecule has 0 amide bonds. The Hall–Kier alpha value is -1.44. The Morgan fingerprint density at radius 3 is 2.69 bits per heavy atom. The van der Waals surface area contributed by atoms with Gasteiger partial charge in [-0.3, -0.25) is 0 Å². The molecule has 0 aliphatic rings. The summed E-state index contributed by atoms with van der Waals surface area (Å²) in [6.07, 6.45) is 4.71. The van der Waals surface area contributed by atoms with E-state index >= 15 is 0 Å². The van der Waals surface area contributed by atoms with Gasteiger partial charge in [-0.25, -0.2) is 0 Å². The smallest absolute Gasteiger partial charge is 0.0577 e. The quantitative estimate of drug-likeness (QED) is 0.660. The van der Waals surface area contributed by atoms with Crippen LogP contribution in [0, 0.1) is 6.92 Å². The van der Waals surface area contributed by atoms with Crippen molar-refractivity contribution in [1.29, 1.82) is 0 Å². The third kappa shape index (κ3) is 1.28. The first-order valence-electron chi connectivity index (χ1n) is 4.52. The molecule has 0 aliphatic heterocycles. The van der Waals surface area contributed by atoms with E-state index < -0.39 is 0 Å². The van der Waals surface area contributed by atoms with Crippen molar-refractivity contribution in [3.05, 3.63) is 35.7 Å². The highest BCUT2D eigenvalue weighted by Gasteiger charge is 2.02. The fourth-order valence-electron chi connectivity index (χ4n) is 1.71. The van der Waals surface area contributed by atoms with E-state index in [4.69, 9.17) is 0 Å². The van der Waals surface area contributed by atoms with Crippen molar-refractivity contribution >= 4 is 10.8 Å². The molecule has 2 nitrogen and oxygen atoms in total. The zero-order valence-corrected chi connectivity index (χ0v) is 7.91. The van der Waals surface area contributed by atoms with Crippen molar-refractivity contribution in [1.82, 2.24) is 10.2 Å².